The minimum Gasteiger partial charge on any atom is -0.484 e. The summed E-state index contributed by atoms with van der Waals surface area (Å²) in [6, 6.07) is 13.9. The van der Waals surface area contributed by atoms with Crippen molar-refractivity contribution in [3.8, 4) is 5.75 Å². The van der Waals surface area contributed by atoms with Gasteiger partial charge in [0, 0.05) is 12.2 Å². The molecule has 1 N–H and O–H groups in total. The standard InChI is InChI=1S/C17H16N2O2/c1-2-6-16-15(5-1)19-17(21-16)11-20-13-7-8-14-12(10-13)4-3-9-18-14/h1-2,5-8,10,18H,3-4,9,11H2. The van der Waals surface area contributed by atoms with Crippen molar-refractivity contribution < 1.29 is 9.15 Å². The molecule has 4 heteroatoms. The van der Waals surface area contributed by atoms with Crippen LogP contribution in [-0.4, -0.2) is 11.5 Å². The first kappa shape index (κ1) is 12.3. The van der Waals surface area contributed by atoms with Gasteiger partial charge in [-0.25, -0.2) is 4.98 Å². The normalized spacial score (nSPS) is 13.7. The van der Waals surface area contributed by atoms with Crippen molar-refractivity contribution >= 4 is 16.8 Å². The average Bonchev–Trinajstić information content (AvgIpc) is 2.95. The predicted molar refractivity (Wildman–Crippen MR) is 81.6 cm³/mol. The van der Waals surface area contributed by atoms with Gasteiger partial charge in [-0.1, -0.05) is 12.1 Å². The number of nitrogens with one attached hydrogen (secondary N) is 1. The van der Waals surface area contributed by atoms with E-state index in [-0.39, 0.29) is 0 Å². The molecule has 0 aliphatic carbocycles. The van der Waals surface area contributed by atoms with Gasteiger partial charge in [-0.2, -0.15) is 0 Å². The van der Waals surface area contributed by atoms with E-state index in [2.05, 4.69) is 22.4 Å². The zero-order valence-electron chi connectivity index (χ0n) is 11.6. The summed E-state index contributed by atoms with van der Waals surface area (Å²) in [7, 11) is 0. The van der Waals surface area contributed by atoms with Gasteiger partial charge in [0.25, 0.3) is 0 Å². The highest BCUT2D eigenvalue weighted by Gasteiger charge is 2.10. The topological polar surface area (TPSA) is 47.3 Å². The fraction of sp³-hybridized carbons (Fsp3) is 0.235. The summed E-state index contributed by atoms with van der Waals surface area (Å²) in [6.45, 7) is 1.40. The molecule has 2 aromatic carbocycles. The van der Waals surface area contributed by atoms with Gasteiger partial charge in [-0.15, -0.1) is 0 Å². The summed E-state index contributed by atoms with van der Waals surface area (Å²) in [6.07, 6.45) is 2.27. The number of benzene rings is 2. The molecule has 0 fully saturated rings. The number of rotatable bonds is 3. The highest BCUT2D eigenvalue weighted by Crippen LogP contribution is 2.27. The van der Waals surface area contributed by atoms with Crippen molar-refractivity contribution in [3.63, 3.8) is 0 Å². The molecule has 0 saturated heterocycles. The van der Waals surface area contributed by atoms with E-state index < -0.39 is 0 Å². The van der Waals surface area contributed by atoms with E-state index in [1.807, 2.05) is 30.3 Å². The lowest BCUT2D eigenvalue weighted by Crippen LogP contribution is -2.11. The van der Waals surface area contributed by atoms with Crippen molar-refractivity contribution in [2.24, 2.45) is 0 Å². The Morgan fingerprint density at radius 1 is 1.19 bits per heavy atom. The van der Waals surface area contributed by atoms with E-state index in [1.165, 1.54) is 17.7 Å². The van der Waals surface area contributed by atoms with Crippen LogP contribution in [0.5, 0.6) is 5.75 Å². The Morgan fingerprint density at radius 3 is 3.10 bits per heavy atom. The fourth-order valence-corrected chi connectivity index (χ4v) is 2.67. The maximum atomic E-state index is 5.80. The van der Waals surface area contributed by atoms with Crippen LogP contribution >= 0.6 is 0 Å². The van der Waals surface area contributed by atoms with Gasteiger partial charge in [0.2, 0.25) is 5.89 Å². The molecule has 2 heterocycles. The molecule has 3 aromatic rings. The lowest BCUT2D eigenvalue weighted by Gasteiger charge is -2.18. The van der Waals surface area contributed by atoms with E-state index in [9.17, 15) is 0 Å². The largest absolute Gasteiger partial charge is 0.484 e. The van der Waals surface area contributed by atoms with Crippen LogP contribution < -0.4 is 10.1 Å². The van der Waals surface area contributed by atoms with Crippen molar-refractivity contribution in [1.82, 2.24) is 4.98 Å². The molecule has 0 bridgehead atoms. The molecule has 1 aliphatic heterocycles. The molecule has 0 saturated carbocycles. The van der Waals surface area contributed by atoms with Crippen LogP contribution in [-0.2, 0) is 13.0 Å². The Morgan fingerprint density at radius 2 is 2.14 bits per heavy atom. The van der Waals surface area contributed by atoms with Gasteiger partial charge < -0.3 is 14.5 Å². The van der Waals surface area contributed by atoms with E-state index >= 15 is 0 Å². The second kappa shape index (κ2) is 5.13. The van der Waals surface area contributed by atoms with Crippen LogP contribution in [0.2, 0.25) is 0 Å². The zero-order valence-corrected chi connectivity index (χ0v) is 11.6. The fourth-order valence-electron chi connectivity index (χ4n) is 2.67. The molecule has 21 heavy (non-hydrogen) atoms. The third-order valence-electron chi connectivity index (χ3n) is 3.72. The second-order valence-electron chi connectivity index (χ2n) is 5.21. The third-order valence-corrected chi connectivity index (χ3v) is 3.72. The number of ether oxygens (including phenoxy) is 1. The Kier molecular flexibility index (Phi) is 2.99. The molecular weight excluding hydrogens is 264 g/mol. The van der Waals surface area contributed by atoms with Crippen LogP contribution in [0.1, 0.15) is 17.9 Å². The van der Waals surface area contributed by atoms with Gasteiger partial charge >= 0.3 is 0 Å². The zero-order chi connectivity index (χ0) is 14.1. The monoisotopic (exact) mass is 280 g/mol. The number of hydrogen-bond acceptors (Lipinski definition) is 4. The molecule has 0 atom stereocenters. The van der Waals surface area contributed by atoms with E-state index in [0.29, 0.717) is 12.5 Å². The van der Waals surface area contributed by atoms with Crippen molar-refractivity contribution in [2.75, 3.05) is 11.9 Å². The maximum Gasteiger partial charge on any atom is 0.233 e. The molecule has 4 nitrogen and oxygen atoms in total. The lowest BCUT2D eigenvalue weighted by molar-refractivity contribution is 0.267. The highest BCUT2D eigenvalue weighted by molar-refractivity contribution is 5.72. The number of aromatic nitrogens is 1. The summed E-state index contributed by atoms with van der Waals surface area (Å²) in [4.78, 5) is 4.41. The second-order valence-corrected chi connectivity index (χ2v) is 5.21. The number of para-hydroxylation sites is 2. The molecule has 4 rings (SSSR count). The van der Waals surface area contributed by atoms with E-state index in [1.54, 1.807) is 0 Å². The molecule has 106 valence electrons. The molecule has 0 unspecified atom stereocenters. The summed E-state index contributed by atoms with van der Waals surface area (Å²) in [5, 5.41) is 3.39. The first-order valence-electron chi connectivity index (χ1n) is 7.22. The van der Waals surface area contributed by atoms with Crippen molar-refractivity contribution in [1.29, 1.82) is 0 Å². The van der Waals surface area contributed by atoms with Gasteiger partial charge in [0.1, 0.15) is 11.3 Å². The SMILES string of the molecule is c1ccc2oc(COc3ccc4c(c3)CCCN4)nc2c1. The molecular formula is C17H16N2O2. The van der Waals surface area contributed by atoms with Gasteiger partial charge in [-0.3, -0.25) is 0 Å². The van der Waals surface area contributed by atoms with Gasteiger partial charge in [0.15, 0.2) is 12.2 Å². The highest BCUT2D eigenvalue weighted by atomic mass is 16.5. The lowest BCUT2D eigenvalue weighted by atomic mass is 10.0. The predicted octanol–water partition coefficient (Wildman–Crippen LogP) is 3.76. The Balaban J connectivity index is 1.51. The van der Waals surface area contributed by atoms with Crippen molar-refractivity contribution in [3.05, 3.63) is 53.9 Å². The molecule has 1 aliphatic rings. The average molecular weight is 280 g/mol. The Labute approximate surface area is 122 Å². The molecule has 0 spiro atoms. The number of oxazole rings is 1. The Bertz CT molecular complexity index is 746. The summed E-state index contributed by atoms with van der Waals surface area (Å²) in [5.41, 5.74) is 4.20. The van der Waals surface area contributed by atoms with Crippen LogP contribution in [0, 0.1) is 0 Å². The van der Waals surface area contributed by atoms with Crippen LogP contribution in [0.15, 0.2) is 46.9 Å². The smallest absolute Gasteiger partial charge is 0.233 e. The summed E-state index contributed by atoms with van der Waals surface area (Å²) >= 11 is 0. The first-order valence-corrected chi connectivity index (χ1v) is 7.22. The minimum absolute atomic E-state index is 0.348. The number of aryl methyl sites for hydroxylation is 1. The number of fused-ring (bicyclic) bond motifs is 2. The van der Waals surface area contributed by atoms with Gasteiger partial charge in [0.05, 0.1) is 0 Å². The van der Waals surface area contributed by atoms with E-state index in [4.69, 9.17) is 9.15 Å². The van der Waals surface area contributed by atoms with Crippen LogP contribution in [0.25, 0.3) is 11.1 Å². The van der Waals surface area contributed by atoms with Crippen molar-refractivity contribution in [2.45, 2.75) is 19.4 Å². The third kappa shape index (κ3) is 2.44. The molecule has 1 aromatic heterocycles. The first-order chi connectivity index (χ1) is 10.4. The number of nitrogens with zero attached hydrogens (tertiary/aromatic N) is 1. The number of hydrogen-bond donors (Lipinski definition) is 1. The quantitative estimate of drug-likeness (QED) is 0.793. The number of anilines is 1. The molecule has 0 radical (unpaired) electrons. The van der Waals surface area contributed by atoms with Crippen LogP contribution in [0.3, 0.4) is 0 Å². The minimum atomic E-state index is 0.348. The van der Waals surface area contributed by atoms with E-state index in [0.717, 1.165) is 29.8 Å². The maximum absolute atomic E-state index is 5.80. The van der Waals surface area contributed by atoms with Crippen LogP contribution in [0.4, 0.5) is 5.69 Å². The molecule has 0 amide bonds. The summed E-state index contributed by atoms with van der Waals surface area (Å²) < 4.78 is 11.5. The van der Waals surface area contributed by atoms with Gasteiger partial charge in [-0.05, 0) is 48.7 Å². The Hall–Kier alpha value is -2.49. The summed E-state index contributed by atoms with van der Waals surface area (Å²) in [5.74, 6) is 1.46.